The molecule has 1 atom stereocenters. The van der Waals surface area contributed by atoms with Crippen molar-refractivity contribution in [2.24, 2.45) is 0 Å². The lowest BCUT2D eigenvalue weighted by atomic mass is 10.4. The molecule has 3 heteroatoms. The van der Waals surface area contributed by atoms with Crippen LogP contribution in [0.3, 0.4) is 0 Å². The number of rotatable bonds is 0. The molecule has 42 valence electrons. The molecule has 0 spiro atoms. The van der Waals surface area contributed by atoms with Crippen molar-refractivity contribution in [2.75, 3.05) is 0 Å². The Morgan fingerprint density at radius 3 is 1.71 bits per heavy atom. The van der Waals surface area contributed by atoms with Gasteiger partial charge in [-0.3, -0.25) is 0 Å². The second-order valence-electron chi connectivity index (χ2n) is 2.16. The van der Waals surface area contributed by atoms with Gasteiger partial charge in [-0.1, -0.05) is 0 Å². The molecule has 0 amide bonds. The fraction of sp³-hybridized carbons (Fsp3) is 1.00. The van der Waals surface area contributed by atoms with Crippen LogP contribution >= 0.6 is 0 Å². The first-order valence-corrected chi connectivity index (χ1v) is 2.06. The lowest BCUT2D eigenvalue weighted by molar-refractivity contribution is 0.00607. The number of aliphatic hydroxyl groups is 1. The average Bonchev–Trinajstić information content (AvgIpc) is 1.63. The third-order valence-electron chi connectivity index (χ3n) is 1.23. The van der Waals surface area contributed by atoms with E-state index in [-0.39, 0.29) is 6.42 Å². The molecule has 0 aromatic rings. The SMILES string of the molecule is C[C@]1(O)CC1(F)F. The van der Waals surface area contributed by atoms with E-state index in [0.29, 0.717) is 0 Å². The van der Waals surface area contributed by atoms with Crippen LogP contribution < -0.4 is 0 Å². The third-order valence-corrected chi connectivity index (χ3v) is 1.23. The highest BCUT2D eigenvalue weighted by atomic mass is 19.3. The summed E-state index contributed by atoms with van der Waals surface area (Å²) in [6.07, 6.45) is -0.375. The topological polar surface area (TPSA) is 20.2 Å². The Morgan fingerprint density at radius 1 is 1.57 bits per heavy atom. The molecule has 1 fully saturated rings. The lowest BCUT2D eigenvalue weighted by Gasteiger charge is -1.95. The van der Waals surface area contributed by atoms with Crippen molar-refractivity contribution in [2.45, 2.75) is 24.9 Å². The van der Waals surface area contributed by atoms with E-state index < -0.39 is 11.5 Å². The normalized spacial score (nSPS) is 46.3. The predicted molar refractivity (Wildman–Crippen MR) is 20.2 cm³/mol. The molecule has 0 heterocycles. The van der Waals surface area contributed by atoms with Crippen LogP contribution in [0.4, 0.5) is 8.78 Å². The molecule has 1 N–H and O–H groups in total. The molecule has 0 saturated heterocycles. The fourth-order valence-corrected chi connectivity index (χ4v) is 0.388. The van der Waals surface area contributed by atoms with Gasteiger partial charge in [-0.25, -0.2) is 8.78 Å². The van der Waals surface area contributed by atoms with Crippen LogP contribution in [0.25, 0.3) is 0 Å². The maximum Gasteiger partial charge on any atom is 0.279 e. The van der Waals surface area contributed by atoms with Gasteiger partial charge in [-0.05, 0) is 6.92 Å². The zero-order valence-corrected chi connectivity index (χ0v) is 3.91. The van der Waals surface area contributed by atoms with Gasteiger partial charge in [0, 0.05) is 6.42 Å². The van der Waals surface area contributed by atoms with Crippen LogP contribution in [0, 0.1) is 0 Å². The quantitative estimate of drug-likeness (QED) is 0.486. The molecular formula is C4H6F2O. The summed E-state index contributed by atoms with van der Waals surface area (Å²) in [5.74, 6) is -2.80. The Kier molecular flexibility index (Phi) is 0.584. The molecule has 1 aliphatic rings. The van der Waals surface area contributed by atoms with Gasteiger partial charge in [0.05, 0.1) is 0 Å². The molecule has 1 aliphatic carbocycles. The molecule has 1 saturated carbocycles. The highest BCUT2D eigenvalue weighted by molar-refractivity contribution is 5.08. The van der Waals surface area contributed by atoms with Gasteiger partial charge in [-0.15, -0.1) is 0 Å². The zero-order chi connectivity index (χ0) is 5.71. The van der Waals surface area contributed by atoms with Gasteiger partial charge in [0.2, 0.25) is 0 Å². The molecule has 0 aromatic heterocycles. The van der Waals surface area contributed by atoms with Crippen LogP contribution in [0.2, 0.25) is 0 Å². The minimum Gasteiger partial charge on any atom is -0.384 e. The van der Waals surface area contributed by atoms with E-state index in [2.05, 4.69) is 0 Å². The van der Waals surface area contributed by atoms with Crippen molar-refractivity contribution in [3.05, 3.63) is 0 Å². The fourth-order valence-electron chi connectivity index (χ4n) is 0.388. The maximum absolute atomic E-state index is 11.7. The number of hydrogen-bond donors (Lipinski definition) is 1. The summed E-state index contributed by atoms with van der Waals surface area (Å²) in [6.45, 7) is 1.13. The van der Waals surface area contributed by atoms with Crippen LogP contribution in [-0.4, -0.2) is 16.6 Å². The molecule has 7 heavy (non-hydrogen) atoms. The van der Waals surface area contributed by atoms with E-state index in [1.165, 1.54) is 0 Å². The van der Waals surface area contributed by atoms with E-state index in [9.17, 15) is 8.78 Å². The van der Waals surface area contributed by atoms with Crippen molar-refractivity contribution < 1.29 is 13.9 Å². The summed E-state index contributed by atoms with van der Waals surface area (Å²) in [5, 5.41) is 8.41. The van der Waals surface area contributed by atoms with Crippen molar-refractivity contribution >= 4 is 0 Å². The molecule has 0 aromatic carbocycles. The molecule has 1 nitrogen and oxygen atoms in total. The van der Waals surface area contributed by atoms with Gasteiger partial charge < -0.3 is 5.11 Å². The van der Waals surface area contributed by atoms with E-state index in [0.717, 1.165) is 6.92 Å². The van der Waals surface area contributed by atoms with E-state index in [1.807, 2.05) is 0 Å². The molecule has 0 bridgehead atoms. The monoisotopic (exact) mass is 108 g/mol. The highest BCUT2D eigenvalue weighted by Crippen LogP contribution is 2.51. The van der Waals surface area contributed by atoms with Crippen molar-refractivity contribution in [1.82, 2.24) is 0 Å². The smallest absolute Gasteiger partial charge is 0.279 e. The zero-order valence-electron chi connectivity index (χ0n) is 3.91. The third kappa shape index (κ3) is 0.517. The maximum atomic E-state index is 11.7. The number of halogens is 2. The van der Waals surface area contributed by atoms with Crippen LogP contribution in [0.1, 0.15) is 13.3 Å². The second kappa shape index (κ2) is 0.823. The number of hydrogen-bond acceptors (Lipinski definition) is 1. The van der Waals surface area contributed by atoms with E-state index >= 15 is 0 Å². The number of alkyl halides is 2. The Hall–Kier alpha value is -0.180. The van der Waals surface area contributed by atoms with Gasteiger partial charge in [0.25, 0.3) is 5.92 Å². The van der Waals surface area contributed by atoms with E-state index in [1.54, 1.807) is 0 Å². The Balaban J connectivity index is 2.59. The summed E-state index contributed by atoms with van der Waals surface area (Å²) >= 11 is 0. The van der Waals surface area contributed by atoms with Crippen molar-refractivity contribution in [3.63, 3.8) is 0 Å². The standard InChI is InChI=1S/C4H6F2O/c1-3(7)2-4(3,5)6/h7H,2H2,1H3/t3-/m0/s1. The largest absolute Gasteiger partial charge is 0.384 e. The molecular weight excluding hydrogens is 102 g/mol. The Morgan fingerprint density at radius 2 is 1.71 bits per heavy atom. The second-order valence-corrected chi connectivity index (χ2v) is 2.16. The van der Waals surface area contributed by atoms with Crippen molar-refractivity contribution in [3.8, 4) is 0 Å². The molecule has 1 rings (SSSR count). The van der Waals surface area contributed by atoms with Gasteiger partial charge in [0.15, 0.2) is 0 Å². The Bertz CT molecular complexity index is 85.9. The first-order chi connectivity index (χ1) is 2.96. The molecule has 0 radical (unpaired) electrons. The highest BCUT2D eigenvalue weighted by Gasteiger charge is 2.67. The van der Waals surface area contributed by atoms with Crippen LogP contribution in [-0.2, 0) is 0 Å². The van der Waals surface area contributed by atoms with Gasteiger partial charge in [-0.2, -0.15) is 0 Å². The average molecular weight is 108 g/mol. The minimum absolute atomic E-state index is 0.375. The van der Waals surface area contributed by atoms with E-state index in [4.69, 9.17) is 5.11 Å². The van der Waals surface area contributed by atoms with Crippen molar-refractivity contribution in [1.29, 1.82) is 0 Å². The molecule has 0 unspecified atom stereocenters. The first kappa shape index (κ1) is 4.97. The summed E-state index contributed by atoms with van der Waals surface area (Å²) in [6, 6.07) is 0. The van der Waals surface area contributed by atoms with Gasteiger partial charge in [0.1, 0.15) is 5.60 Å². The minimum atomic E-state index is -2.80. The lowest BCUT2D eigenvalue weighted by Crippen LogP contribution is -2.11. The van der Waals surface area contributed by atoms with Crippen LogP contribution in [0.15, 0.2) is 0 Å². The van der Waals surface area contributed by atoms with Crippen LogP contribution in [0.5, 0.6) is 0 Å². The first-order valence-electron chi connectivity index (χ1n) is 2.06. The predicted octanol–water partition coefficient (Wildman–Crippen LogP) is 0.776. The van der Waals surface area contributed by atoms with Gasteiger partial charge >= 0.3 is 0 Å². The molecule has 0 aliphatic heterocycles. The summed E-state index contributed by atoms with van der Waals surface area (Å²) in [5.41, 5.74) is -1.69. The Labute approximate surface area is 40.0 Å². The summed E-state index contributed by atoms with van der Waals surface area (Å²) in [7, 11) is 0. The summed E-state index contributed by atoms with van der Waals surface area (Å²) < 4.78 is 23.3. The summed E-state index contributed by atoms with van der Waals surface area (Å²) in [4.78, 5) is 0.